The van der Waals surface area contributed by atoms with E-state index in [9.17, 15) is 0 Å². The van der Waals surface area contributed by atoms with Gasteiger partial charge in [0.15, 0.2) is 0 Å². The third kappa shape index (κ3) is 1.13. The normalized spacial score (nSPS) is 29.9. The summed E-state index contributed by atoms with van der Waals surface area (Å²) in [6.07, 6.45) is 3.20. The summed E-state index contributed by atoms with van der Waals surface area (Å²) in [5.41, 5.74) is 5.54. The van der Waals surface area contributed by atoms with Crippen LogP contribution in [0.15, 0.2) is 12.3 Å². The lowest BCUT2D eigenvalue weighted by atomic mass is 10.2. The summed E-state index contributed by atoms with van der Waals surface area (Å²) in [6, 6.07) is 2.38. The molecule has 0 saturated carbocycles. The Bertz CT molecular complexity index is 356. The van der Waals surface area contributed by atoms with Gasteiger partial charge in [-0.3, -0.25) is 0 Å². The van der Waals surface area contributed by atoms with Crippen LogP contribution in [0.2, 0.25) is 0 Å². The summed E-state index contributed by atoms with van der Waals surface area (Å²) in [7, 11) is 0. The van der Waals surface area contributed by atoms with Gasteiger partial charge in [0, 0.05) is 12.7 Å². The Balaban J connectivity index is 1.89. The second-order valence-electron chi connectivity index (χ2n) is 3.77. The van der Waals surface area contributed by atoms with Gasteiger partial charge in [-0.25, -0.2) is 4.98 Å². The summed E-state index contributed by atoms with van der Waals surface area (Å²) in [5.74, 6) is 1.26. The molecule has 2 aliphatic heterocycles. The van der Waals surface area contributed by atoms with E-state index in [0.717, 1.165) is 25.4 Å². The molecule has 2 saturated heterocycles. The maximum atomic E-state index is 5.54. The van der Waals surface area contributed by atoms with Crippen LogP contribution in [0.4, 0.5) is 11.8 Å². The smallest absolute Gasteiger partial charge is 0.221 e. The van der Waals surface area contributed by atoms with Gasteiger partial charge in [0.25, 0.3) is 0 Å². The zero-order valence-electron chi connectivity index (χ0n) is 7.76. The number of anilines is 2. The number of nitrogens with two attached hydrogens (primary N) is 1. The van der Waals surface area contributed by atoms with Crippen molar-refractivity contribution in [2.75, 3.05) is 23.8 Å². The third-order valence-electron chi connectivity index (χ3n) is 2.85. The molecule has 5 heteroatoms. The van der Waals surface area contributed by atoms with E-state index in [1.807, 2.05) is 6.07 Å². The number of morpholine rings is 1. The van der Waals surface area contributed by atoms with E-state index < -0.39 is 0 Å². The van der Waals surface area contributed by atoms with E-state index in [0.29, 0.717) is 18.1 Å². The monoisotopic (exact) mass is 192 g/mol. The molecule has 2 atom stereocenters. The van der Waals surface area contributed by atoms with E-state index in [-0.39, 0.29) is 0 Å². The minimum absolute atomic E-state index is 0.339. The van der Waals surface area contributed by atoms with Gasteiger partial charge < -0.3 is 15.4 Å². The van der Waals surface area contributed by atoms with Crippen LogP contribution >= 0.6 is 0 Å². The van der Waals surface area contributed by atoms with Gasteiger partial charge in [0.1, 0.15) is 5.82 Å². The quantitative estimate of drug-likeness (QED) is 0.680. The lowest BCUT2D eigenvalue weighted by Crippen LogP contribution is -2.37. The number of fused-ring (bicyclic) bond motifs is 2. The second kappa shape index (κ2) is 2.81. The Morgan fingerprint density at radius 2 is 2.50 bits per heavy atom. The van der Waals surface area contributed by atoms with Crippen molar-refractivity contribution in [2.45, 2.75) is 18.6 Å². The van der Waals surface area contributed by atoms with Crippen LogP contribution in [-0.2, 0) is 4.74 Å². The summed E-state index contributed by atoms with van der Waals surface area (Å²) in [5, 5.41) is 0. The van der Waals surface area contributed by atoms with E-state index in [2.05, 4.69) is 14.9 Å². The molecule has 74 valence electrons. The molecule has 0 amide bonds. The molecule has 0 spiro atoms. The van der Waals surface area contributed by atoms with Crippen molar-refractivity contribution in [3.8, 4) is 0 Å². The van der Waals surface area contributed by atoms with Crippen LogP contribution in [0, 0.1) is 0 Å². The number of nitrogens with zero attached hydrogens (tertiary/aromatic N) is 3. The highest BCUT2D eigenvalue weighted by molar-refractivity contribution is 5.44. The maximum Gasteiger partial charge on any atom is 0.221 e. The minimum Gasteiger partial charge on any atom is -0.374 e. The molecule has 2 N–H and O–H groups in total. The standard InChI is InChI=1S/C9H12N4O/c10-9-11-2-1-8(12-9)13-4-7-3-6(13)5-14-7/h1-2,6-7H,3-5H2,(H2,10,11,12). The Morgan fingerprint density at radius 3 is 3.14 bits per heavy atom. The first-order chi connectivity index (χ1) is 6.83. The average Bonchev–Trinajstić information content (AvgIpc) is 2.78. The Labute approximate surface area is 81.9 Å². The first kappa shape index (κ1) is 7.99. The molecule has 14 heavy (non-hydrogen) atoms. The highest BCUT2D eigenvalue weighted by atomic mass is 16.5. The molecule has 2 unspecified atom stereocenters. The lowest BCUT2D eigenvalue weighted by Gasteiger charge is -2.27. The number of hydrogen-bond acceptors (Lipinski definition) is 5. The molecule has 1 aromatic rings. The molecule has 0 radical (unpaired) electrons. The number of ether oxygens (including phenoxy) is 1. The minimum atomic E-state index is 0.339. The fraction of sp³-hybridized carbons (Fsp3) is 0.556. The van der Waals surface area contributed by atoms with Gasteiger partial charge in [0.05, 0.1) is 18.8 Å². The molecule has 2 fully saturated rings. The van der Waals surface area contributed by atoms with Crippen molar-refractivity contribution in [1.29, 1.82) is 0 Å². The van der Waals surface area contributed by atoms with Crippen molar-refractivity contribution in [3.63, 3.8) is 0 Å². The number of aromatic nitrogens is 2. The zero-order chi connectivity index (χ0) is 9.54. The van der Waals surface area contributed by atoms with E-state index in [1.54, 1.807) is 6.20 Å². The summed E-state index contributed by atoms with van der Waals surface area (Å²) >= 11 is 0. The lowest BCUT2D eigenvalue weighted by molar-refractivity contribution is 0.0989. The molecular formula is C9H12N4O. The van der Waals surface area contributed by atoms with Crippen molar-refractivity contribution < 1.29 is 4.74 Å². The molecule has 0 aliphatic carbocycles. The van der Waals surface area contributed by atoms with Gasteiger partial charge >= 0.3 is 0 Å². The Kier molecular flexibility index (Phi) is 1.61. The molecule has 3 heterocycles. The van der Waals surface area contributed by atoms with Gasteiger partial charge in [-0.1, -0.05) is 0 Å². The van der Waals surface area contributed by atoms with Crippen LogP contribution in [0.25, 0.3) is 0 Å². The number of hydrogen-bond donors (Lipinski definition) is 1. The number of nitrogen functional groups attached to an aromatic ring is 1. The fourth-order valence-electron chi connectivity index (χ4n) is 2.20. The first-order valence-electron chi connectivity index (χ1n) is 4.80. The molecule has 2 bridgehead atoms. The van der Waals surface area contributed by atoms with Crippen LogP contribution in [0.5, 0.6) is 0 Å². The van der Waals surface area contributed by atoms with Crippen molar-refractivity contribution in [2.24, 2.45) is 0 Å². The highest BCUT2D eigenvalue weighted by Gasteiger charge is 2.39. The van der Waals surface area contributed by atoms with Gasteiger partial charge in [-0.15, -0.1) is 0 Å². The predicted octanol–water partition coefficient (Wildman–Crippen LogP) is 0.0363. The van der Waals surface area contributed by atoms with Gasteiger partial charge in [-0.05, 0) is 12.5 Å². The summed E-state index contributed by atoms with van der Waals surface area (Å²) < 4.78 is 5.52. The molecule has 2 aliphatic rings. The maximum absolute atomic E-state index is 5.54. The first-order valence-corrected chi connectivity index (χ1v) is 4.80. The van der Waals surface area contributed by atoms with Gasteiger partial charge in [0.2, 0.25) is 5.95 Å². The van der Waals surface area contributed by atoms with Crippen LogP contribution in [-0.4, -0.2) is 35.3 Å². The van der Waals surface area contributed by atoms with Gasteiger partial charge in [-0.2, -0.15) is 4.98 Å². The predicted molar refractivity (Wildman–Crippen MR) is 51.9 cm³/mol. The fourth-order valence-corrected chi connectivity index (χ4v) is 2.20. The Hall–Kier alpha value is -1.36. The van der Waals surface area contributed by atoms with E-state index in [4.69, 9.17) is 10.5 Å². The topological polar surface area (TPSA) is 64.3 Å². The Morgan fingerprint density at radius 1 is 1.57 bits per heavy atom. The van der Waals surface area contributed by atoms with Crippen LogP contribution in [0.3, 0.4) is 0 Å². The van der Waals surface area contributed by atoms with Crippen molar-refractivity contribution in [3.05, 3.63) is 12.3 Å². The molecule has 3 rings (SSSR count). The summed E-state index contributed by atoms with van der Waals surface area (Å²) in [4.78, 5) is 10.3. The van der Waals surface area contributed by atoms with Crippen LogP contribution < -0.4 is 10.6 Å². The third-order valence-corrected chi connectivity index (χ3v) is 2.85. The van der Waals surface area contributed by atoms with E-state index in [1.165, 1.54) is 0 Å². The molecule has 0 aromatic carbocycles. The highest BCUT2D eigenvalue weighted by Crippen LogP contribution is 2.31. The van der Waals surface area contributed by atoms with Crippen molar-refractivity contribution >= 4 is 11.8 Å². The largest absolute Gasteiger partial charge is 0.374 e. The van der Waals surface area contributed by atoms with Crippen molar-refractivity contribution in [1.82, 2.24) is 9.97 Å². The second-order valence-corrected chi connectivity index (χ2v) is 3.77. The summed E-state index contributed by atoms with van der Waals surface area (Å²) in [6.45, 7) is 1.75. The SMILES string of the molecule is Nc1nccc(N2CC3CC2CO3)n1. The molecule has 1 aromatic heterocycles. The molecular weight excluding hydrogens is 180 g/mol. The van der Waals surface area contributed by atoms with Crippen LogP contribution in [0.1, 0.15) is 6.42 Å². The molecule has 5 nitrogen and oxygen atoms in total. The average molecular weight is 192 g/mol. The zero-order valence-corrected chi connectivity index (χ0v) is 7.76. The van der Waals surface area contributed by atoms with E-state index >= 15 is 0 Å². The number of rotatable bonds is 1.